The minimum atomic E-state index is 0.897. The molecule has 2 aromatic heterocycles. The zero-order valence-corrected chi connectivity index (χ0v) is 36.6. The van der Waals surface area contributed by atoms with Crippen molar-refractivity contribution in [2.24, 2.45) is 0 Å². The van der Waals surface area contributed by atoms with Gasteiger partial charge in [0, 0.05) is 64.5 Å². The highest BCUT2D eigenvalue weighted by molar-refractivity contribution is 7.25. The maximum Gasteiger partial charge on any atom is 0.135 e. The van der Waals surface area contributed by atoms with Crippen molar-refractivity contribution in [1.29, 1.82) is 0 Å². The lowest BCUT2D eigenvalue weighted by atomic mass is 9.98. The van der Waals surface area contributed by atoms with Gasteiger partial charge in [-0.1, -0.05) is 152 Å². The van der Waals surface area contributed by atoms with Crippen molar-refractivity contribution in [1.82, 2.24) is 0 Å². The van der Waals surface area contributed by atoms with Gasteiger partial charge in [-0.2, -0.15) is 0 Å². The van der Waals surface area contributed by atoms with Gasteiger partial charge in [-0.15, -0.1) is 11.3 Å². The molecule has 4 heteroatoms. The van der Waals surface area contributed by atoms with E-state index in [9.17, 15) is 0 Å². The molecule has 0 saturated heterocycles. The molecule has 13 rings (SSSR count). The van der Waals surface area contributed by atoms with E-state index in [4.69, 9.17) is 4.42 Å². The van der Waals surface area contributed by atoms with Gasteiger partial charge >= 0.3 is 0 Å². The van der Waals surface area contributed by atoms with Crippen LogP contribution in [0.4, 0.5) is 34.1 Å². The van der Waals surface area contributed by atoms with E-state index in [1.54, 1.807) is 0 Å². The fraction of sp³-hybridized carbons (Fsp3) is 0. The Hall–Kier alpha value is -8.44. The summed E-state index contributed by atoms with van der Waals surface area (Å²) in [5, 5.41) is 9.55. The number of furan rings is 1. The monoisotopic (exact) mass is 860 g/mol. The molecule has 11 aromatic carbocycles. The minimum absolute atomic E-state index is 0.897. The number of thiophene rings is 1. The van der Waals surface area contributed by atoms with Crippen LogP contribution in [0.5, 0.6) is 0 Å². The first-order valence-electron chi connectivity index (χ1n) is 22.4. The number of nitrogens with zero attached hydrogens (tertiary/aromatic N) is 2. The van der Waals surface area contributed by atoms with Gasteiger partial charge in [0.05, 0.1) is 11.4 Å². The maximum atomic E-state index is 6.20. The molecule has 310 valence electrons. The Morgan fingerprint density at radius 2 is 0.773 bits per heavy atom. The summed E-state index contributed by atoms with van der Waals surface area (Å²) in [5.41, 5.74) is 12.8. The van der Waals surface area contributed by atoms with Crippen LogP contribution in [-0.2, 0) is 0 Å². The predicted octanol–water partition coefficient (Wildman–Crippen LogP) is 18.5. The molecule has 0 fully saturated rings. The van der Waals surface area contributed by atoms with Crippen molar-refractivity contribution in [3.05, 3.63) is 243 Å². The molecule has 0 spiro atoms. The highest BCUT2D eigenvalue weighted by Gasteiger charge is 2.22. The SMILES string of the molecule is c1ccc(N(c2cc(-c3ccc4sc5ccccc5c4c3)cc(N(c3ccc(-c4ccc5oc6ccccc6c5c4)cc3)c3cccc4ccccc34)c2)c2cccc3ccccc23)cc1. The lowest BCUT2D eigenvalue weighted by Crippen LogP contribution is -2.14. The van der Waals surface area contributed by atoms with Crippen LogP contribution in [0, 0.1) is 0 Å². The predicted molar refractivity (Wildman–Crippen MR) is 282 cm³/mol. The fourth-order valence-electron chi connectivity index (χ4n) is 9.87. The molecule has 13 aromatic rings. The molecule has 0 aliphatic carbocycles. The zero-order chi connectivity index (χ0) is 43.6. The first-order chi connectivity index (χ1) is 32.7. The van der Waals surface area contributed by atoms with Crippen LogP contribution >= 0.6 is 11.3 Å². The Labute approximate surface area is 386 Å². The van der Waals surface area contributed by atoms with E-state index in [2.05, 4.69) is 240 Å². The van der Waals surface area contributed by atoms with Crippen LogP contribution in [0.3, 0.4) is 0 Å². The first kappa shape index (κ1) is 38.1. The third-order valence-corrected chi connectivity index (χ3v) is 14.1. The Morgan fingerprint density at radius 1 is 0.273 bits per heavy atom. The van der Waals surface area contributed by atoms with Crippen molar-refractivity contribution >= 4 is 109 Å². The number of anilines is 6. The molecule has 0 amide bonds. The van der Waals surface area contributed by atoms with Gasteiger partial charge < -0.3 is 14.2 Å². The largest absolute Gasteiger partial charge is 0.456 e. The van der Waals surface area contributed by atoms with E-state index >= 15 is 0 Å². The molecule has 2 heterocycles. The van der Waals surface area contributed by atoms with Gasteiger partial charge in [-0.3, -0.25) is 0 Å². The Balaban J connectivity index is 1.05. The van der Waals surface area contributed by atoms with E-state index in [1.807, 2.05) is 23.5 Å². The van der Waals surface area contributed by atoms with Gasteiger partial charge in [-0.05, 0) is 124 Å². The molecular formula is C62H40N2OS. The number of hydrogen-bond donors (Lipinski definition) is 0. The van der Waals surface area contributed by atoms with Gasteiger partial charge in [0.25, 0.3) is 0 Å². The molecule has 0 radical (unpaired) electrons. The summed E-state index contributed by atoms with van der Waals surface area (Å²) >= 11 is 1.85. The van der Waals surface area contributed by atoms with E-state index in [-0.39, 0.29) is 0 Å². The van der Waals surface area contributed by atoms with E-state index < -0.39 is 0 Å². The highest BCUT2D eigenvalue weighted by atomic mass is 32.1. The quantitative estimate of drug-likeness (QED) is 0.152. The van der Waals surface area contributed by atoms with Crippen LogP contribution in [0.2, 0.25) is 0 Å². The smallest absolute Gasteiger partial charge is 0.135 e. The number of hydrogen-bond acceptors (Lipinski definition) is 4. The summed E-state index contributed by atoms with van der Waals surface area (Å²) < 4.78 is 8.79. The molecule has 66 heavy (non-hydrogen) atoms. The van der Waals surface area contributed by atoms with Gasteiger partial charge in [0.15, 0.2) is 0 Å². The molecule has 0 atom stereocenters. The number of fused-ring (bicyclic) bond motifs is 8. The van der Waals surface area contributed by atoms with Crippen LogP contribution < -0.4 is 9.80 Å². The molecular weight excluding hydrogens is 821 g/mol. The first-order valence-corrected chi connectivity index (χ1v) is 23.2. The Morgan fingerprint density at radius 3 is 1.48 bits per heavy atom. The fourth-order valence-corrected chi connectivity index (χ4v) is 11.0. The Kier molecular flexibility index (Phi) is 9.03. The molecule has 0 aliphatic heterocycles. The normalized spacial score (nSPS) is 11.6. The summed E-state index contributed by atoms with van der Waals surface area (Å²) in [6.07, 6.45) is 0. The van der Waals surface area contributed by atoms with E-state index in [0.29, 0.717) is 0 Å². The third-order valence-electron chi connectivity index (χ3n) is 13.0. The van der Waals surface area contributed by atoms with Crippen molar-refractivity contribution < 1.29 is 4.42 Å². The van der Waals surface area contributed by atoms with Gasteiger partial charge in [0.2, 0.25) is 0 Å². The van der Waals surface area contributed by atoms with E-state index in [1.165, 1.54) is 41.7 Å². The summed E-state index contributed by atoms with van der Waals surface area (Å²) in [5.74, 6) is 0. The van der Waals surface area contributed by atoms with Crippen LogP contribution in [-0.4, -0.2) is 0 Å². The number of benzene rings is 11. The summed E-state index contributed by atoms with van der Waals surface area (Å²) in [6.45, 7) is 0. The number of rotatable bonds is 8. The van der Waals surface area contributed by atoms with Crippen molar-refractivity contribution in [3.8, 4) is 22.3 Å². The topological polar surface area (TPSA) is 19.6 Å². The summed E-state index contributed by atoms with van der Waals surface area (Å²) in [7, 11) is 0. The highest BCUT2D eigenvalue weighted by Crippen LogP contribution is 2.47. The van der Waals surface area contributed by atoms with E-state index in [0.717, 1.165) is 78.3 Å². The third kappa shape index (κ3) is 6.50. The lowest BCUT2D eigenvalue weighted by Gasteiger charge is -2.31. The second kappa shape index (κ2) is 15.7. The lowest BCUT2D eigenvalue weighted by molar-refractivity contribution is 0.669. The molecule has 0 saturated carbocycles. The second-order valence-electron chi connectivity index (χ2n) is 16.9. The molecule has 0 bridgehead atoms. The average Bonchev–Trinajstić information content (AvgIpc) is 3.95. The average molecular weight is 861 g/mol. The van der Waals surface area contributed by atoms with Gasteiger partial charge in [-0.25, -0.2) is 0 Å². The molecule has 0 aliphatic rings. The molecule has 0 N–H and O–H groups in total. The zero-order valence-electron chi connectivity index (χ0n) is 35.8. The van der Waals surface area contributed by atoms with Crippen LogP contribution in [0.25, 0.3) is 85.9 Å². The summed E-state index contributed by atoms with van der Waals surface area (Å²) in [4.78, 5) is 4.87. The standard InChI is InChI=1S/C62H40N2OS/c1-2-18-47(19-3-1)63(57-24-12-16-42-14-4-6-20-51(42)57)49-36-46(45-31-35-62-56(39-45)54-23-9-11-27-61(54)66-62)37-50(40-49)64(58-25-13-17-43-15-5-7-21-52(43)58)48-32-28-41(29-33-48)44-30-34-60-55(38-44)53-22-8-10-26-59(53)65-60/h1-40H. The van der Waals surface area contributed by atoms with Crippen molar-refractivity contribution in [2.75, 3.05) is 9.80 Å². The molecule has 3 nitrogen and oxygen atoms in total. The van der Waals surface area contributed by atoms with Crippen LogP contribution in [0.1, 0.15) is 0 Å². The number of para-hydroxylation sites is 2. The van der Waals surface area contributed by atoms with Crippen LogP contribution in [0.15, 0.2) is 247 Å². The Bertz CT molecular complexity index is 3950. The summed E-state index contributed by atoms with van der Waals surface area (Å²) in [6, 6.07) is 88.1. The second-order valence-corrected chi connectivity index (χ2v) is 18.0. The van der Waals surface area contributed by atoms with Crippen molar-refractivity contribution in [2.45, 2.75) is 0 Å². The van der Waals surface area contributed by atoms with Crippen molar-refractivity contribution in [3.63, 3.8) is 0 Å². The van der Waals surface area contributed by atoms with Gasteiger partial charge in [0.1, 0.15) is 11.2 Å². The molecule has 0 unspecified atom stereocenters. The maximum absolute atomic E-state index is 6.20. The minimum Gasteiger partial charge on any atom is -0.456 e.